The number of carboxylic acid groups (broad SMARTS) is 1. The highest BCUT2D eigenvalue weighted by atomic mass is 16.4. The van der Waals surface area contributed by atoms with Crippen molar-refractivity contribution in [2.24, 2.45) is 0 Å². The summed E-state index contributed by atoms with van der Waals surface area (Å²) in [5.74, 6) is -0.949. The van der Waals surface area contributed by atoms with Crippen LogP contribution in [0.2, 0.25) is 0 Å². The van der Waals surface area contributed by atoms with Crippen molar-refractivity contribution < 1.29 is 14.7 Å². The molecule has 1 heterocycles. The zero-order valence-electron chi connectivity index (χ0n) is 13.2. The molecule has 0 saturated heterocycles. The highest BCUT2D eigenvalue weighted by Gasteiger charge is 2.19. The second-order valence-corrected chi connectivity index (χ2v) is 5.73. The lowest BCUT2D eigenvalue weighted by Gasteiger charge is -2.17. The van der Waals surface area contributed by atoms with Crippen LogP contribution in [0.4, 0.5) is 0 Å². The summed E-state index contributed by atoms with van der Waals surface area (Å²) in [5, 5.41) is 18.6. The maximum absolute atomic E-state index is 12.4. The summed E-state index contributed by atoms with van der Waals surface area (Å²) < 4.78 is 0. The standard InChI is InChI=1S/C17H21N3O3/c1-11(2)14-10-15(20-19-14)17(23)18-13(8-9-16(21)22)12-6-4-3-5-7-12/h3-7,10-11,13H,8-9H2,1-2H3,(H,18,23)(H,19,20)(H,21,22). The molecule has 122 valence electrons. The van der Waals surface area contributed by atoms with E-state index in [1.54, 1.807) is 6.07 Å². The number of carboxylic acids is 1. The van der Waals surface area contributed by atoms with E-state index in [9.17, 15) is 9.59 Å². The molecule has 23 heavy (non-hydrogen) atoms. The van der Waals surface area contributed by atoms with Gasteiger partial charge in [0.2, 0.25) is 0 Å². The first-order chi connectivity index (χ1) is 11.0. The van der Waals surface area contributed by atoms with E-state index in [0.717, 1.165) is 11.3 Å². The number of aromatic amines is 1. The lowest BCUT2D eigenvalue weighted by atomic mass is 10.0. The van der Waals surface area contributed by atoms with E-state index >= 15 is 0 Å². The minimum atomic E-state index is -0.887. The number of hydrogen-bond donors (Lipinski definition) is 3. The number of hydrogen-bond acceptors (Lipinski definition) is 3. The van der Waals surface area contributed by atoms with Gasteiger partial charge in [0, 0.05) is 12.1 Å². The Kier molecular flexibility index (Phi) is 5.51. The molecule has 3 N–H and O–H groups in total. The molecule has 6 nitrogen and oxygen atoms in total. The summed E-state index contributed by atoms with van der Waals surface area (Å²) in [4.78, 5) is 23.2. The van der Waals surface area contributed by atoms with Gasteiger partial charge in [-0.2, -0.15) is 5.10 Å². The van der Waals surface area contributed by atoms with Crippen LogP contribution >= 0.6 is 0 Å². The van der Waals surface area contributed by atoms with Crippen LogP contribution in [0, 0.1) is 0 Å². The molecule has 1 amide bonds. The maximum Gasteiger partial charge on any atom is 0.303 e. The minimum absolute atomic E-state index is 0.0162. The molecule has 0 spiro atoms. The molecule has 0 aliphatic heterocycles. The van der Waals surface area contributed by atoms with Crippen molar-refractivity contribution in [2.45, 2.75) is 38.6 Å². The van der Waals surface area contributed by atoms with Crippen LogP contribution in [0.25, 0.3) is 0 Å². The topological polar surface area (TPSA) is 95.1 Å². The van der Waals surface area contributed by atoms with Crippen LogP contribution in [0.15, 0.2) is 36.4 Å². The fourth-order valence-corrected chi connectivity index (χ4v) is 2.26. The van der Waals surface area contributed by atoms with Crippen molar-refractivity contribution >= 4 is 11.9 Å². The number of aromatic nitrogens is 2. The maximum atomic E-state index is 12.4. The predicted octanol–water partition coefficient (Wildman–Crippen LogP) is 2.87. The van der Waals surface area contributed by atoms with E-state index in [0.29, 0.717) is 12.1 Å². The van der Waals surface area contributed by atoms with E-state index in [4.69, 9.17) is 5.11 Å². The largest absolute Gasteiger partial charge is 0.481 e. The average molecular weight is 315 g/mol. The van der Waals surface area contributed by atoms with Crippen LogP contribution in [0.5, 0.6) is 0 Å². The molecule has 2 rings (SSSR count). The average Bonchev–Trinajstić information content (AvgIpc) is 3.02. The number of carbonyl (C=O) groups is 2. The number of aliphatic carboxylic acids is 1. The molecular formula is C17H21N3O3. The Morgan fingerprint density at radius 1 is 1.26 bits per heavy atom. The number of rotatable bonds is 7. The molecule has 0 aliphatic carbocycles. The highest BCUT2D eigenvalue weighted by molar-refractivity contribution is 5.92. The molecule has 1 unspecified atom stereocenters. The number of nitrogens with one attached hydrogen (secondary N) is 2. The molecule has 0 bridgehead atoms. The van der Waals surface area contributed by atoms with Gasteiger partial charge in [-0.15, -0.1) is 0 Å². The third-order valence-electron chi connectivity index (χ3n) is 3.61. The molecule has 1 aromatic carbocycles. The first-order valence-corrected chi connectivity index (χ1v) is 7.60. The van der Waals surface area contributed by atoms with Gasteiger partial charge in [0.1, 0.15) is 5.69 Å². The zero-order chi connectivity index (χ0) is 16.8. The van der Waals surface area contributed by atoms with Crippen LogP contribution in [-0.4, -0.2) is 27.2 Å². The summed E-state index contributed by atoms with van der Waals surface area (Å²) in [7, 11) is 0. The lowest BCUT2D eigenvalue weighted by Crippen LogP contribution is -2.29. The molecule has 0 fully saturated rings. The number of amides is 1. The summed E-state index contributed by atoms with van der Waals surface area (Å²) in [6, 6.07) is 10.7. The van der Waals surface area contributed by atoms with Crippen molar-refractivity contribution in [3.8, 4) is 0 Å². The number of nitrogens with zero attached hydrogens (tertiary/aromatic N) is 1. The molecule has 0 saturated carbocycles. The Hall–Kier alpha value is -2.63. The second kappa shape index (κ2) is 7.58. The summed E-state index contributed by atoms with van der Waals surface area (Å²) >= 11 is 0. The van der Waals surface area contributed by atoms with Crippen molar-refractivity contribution in [1.29, 1.82) is 0 Å². The Labute approximate surface area is 134 Å². The van der Waals surface area contributed by atoms with E-state index in [2.05, 4.69) is 15.5 Å². The van der Waals surface area contributed by atoms with E-state index in [1.807, 2.05) is 44.2 Å². The molecular weight excluding hydrogens is 294 g/mol. The first-order valence-electron chi connectivity index (χ1n) is 7.60. The fraction of sp³-hybridized carbons (Fsp3) is 0.353. The predicted molar refractivity (Wildman–Crippen MR) is 86.2 cm³/mol. The van der Waals surface area contributed by atoms with Crippen LogP contribution in [-0.2, 0) is 4.79 Å². The summed E-state index contributed by atoms with van der Waals surface area (Å²) in [5.41, 5.74) is 2.07. The van der Waals surface area contributed by atoms with E-state index < -0.39 is 5.97 Å². The molecule has 1 atom stereocenters. The van der Waals surface area contributed by atoms with Gasteiger partial charge < -0.3 is 10.4 Å². The third kappa shape index (κ3) is 4.67. The van der Waals surface area contributed by atoms with Gasteiger partial charge in [0.15, 0.2) is 0 Å². The van der Waals surface area contributed by atoms with Crippen molar-refractivity contribution in [3.63, 3.8) is 0 Å². The lowest BCUT2D eigenvalue weighted by molar-refractivity contribution is -0.137. The Bertz CT molecular complexity index is 665. The molecule has 0 radical (unpaired) electrons. The Morgan fingerprint density at radius 2 is 1.96 bits per heavy atom. The van der Waals surface area contributed by atoms with Crippen LogP contribution in [0.1, 0.15) is 60.4 Å². The SMILES string of the molecule is CC(C)c1cc(C(=O)NC(CCC(=O)O)c2ccccc2)n[nH]1. The fourth-order valence-electron chi connectivity index (χ4n) is 2.26. The second-order valence-electron chi connectivity index (χ2n) is 5.73. The van der Waals surface area contributed by atoms with Gasteiger partial charge in [-0.25, -0.2) is 0 Å². The number of carbonyl (C=O) groups excluding carboxylic acids is 1. The molecule has 2 aromatic rings. The van der Waals surface area contributed by atoms with Crippen molar-refractivity contribution in [2.75, 3.05) is 0 Å². The van der Waals surface area contributed by atoms with Gasteiger partial charge in [0.05, 0.1) is 6.04 Å². The number of H-pyrrole nitrogens is 1. The number of benzene rings is 1. The molecule has 1 aromatic heterocycles. The van der Waals surface area contributed by atoms with Crippen LogP contribution < -0.4 is 5.32 Å². The van der Waals surface area contributed by atoms with Gasteiger partial charge in [-0.05, 0) is 24.0 Å². The Balaban J connectivity index is 2.12. The van der Waals surface area contributed by atoms with Gasteiger partial charge in [-0.1, -0.05) is 44.2 Å². The van der Waals surface area contributed by atoms with Crippen molar-refractivity contribution in [3.05, 3.63) is 53.3 Å². The first kappa shape index (κ1) is 16.7. The Morgan fingerprint density at radius 3 is 2.52 bits per heavy atom. The van der Waals surface area contributed by atoms with Crippen molar-refractivity contribution in [1.82, 2.24) is 15.5 Å². The van der Waals surface area contributed by atoms with E-state index in [1.165, 1.54) is 0 Å². The third-order valence-corrected chi connectivity index (χ3v) is 3.61. The highest BCUT2D eigenvalue weighted by Crippen LogP contribution is 2.19. The minimum Gasteiger partial charge on any atom is -0.481 e. The zero-order valence-corrected chi connectivity index (χ0v) is 13.2. The normalized spacial score (nSPS) is 12.1. The summed E-state index contributed by atoms with van der Waals surface area (Å²) in [6.45, 7) is 4.02. The van der Waals surface area contributed by atoms with E-state index in [-0.39, 0.29) is 24.3 Å². The van der Waals surface area contributed by atoms with Gasteiger partial charge in [0.25, 0.3) is 5.91 Å². The molecule has 0 aliphatic rings. The smallest absolute Gasteiger partial charge is 0.303 e. The molecule has 6 heteroatoms. The summed E-state index contributed by atoms with van der Waals surface area (Å²) in [6.07, 6.45) is 0.310. The quantitative estimate of drug-likeness (QED) is 0.732. The monoisotopic (exact) mass is 315 g/mol. The van der Waals surface area contributed by atoms with Gasteiger partial charge >= 0.3 is 5.97 Å². The van der Waals surface area contributed by atoms with Gasteiger partial charge in [-0.3, -0.25) is 14.7 Å². The van der Waals surface area contributed by atoms with Crippen LogP contribution in [0.3, 0.4) is 0 Å².